The van der Waals surface area contributed by atoms with Crippen molar-refractivity contribution in [3.63, 3.8) is 0 Å². The molecule has 0 radical (unpaired) electrons. The van der Waals surface area contributed by atoms with E-state index in [0.29, 0.717) is 5.92 Å². The molecule has 1 aromatic rings. The minimum Gasteiger partial charge on any atom is -0.352 e. The smallest absolute Gasteiger partial charge is 0.251 e. The summed E-state index contributed by atoms with van der Waals surface area (Å²) in [6.45, 7) is 7.01. The minimum absolute atomic E-state index is 0. The van der Waals surface area contributed by atoms with Gasteiger partial charge in [-0.2, -0.15) is 0 Å². The van der Waals surface area contributed by atoms with Crippen LogP contribution in [0.1, 0.15) is 34.3 Å². The van der Waals surface area contributed by atoms with Crippen molar-refractivity contribution in [1.82, 2.24) is 10.6 Å². The Balaban J connectivity index is 0.00000180. The molecule has 3 nitrogen and oxygen atoms in total. The zero-order valence-electron chi connectivity index (χ0n) is 11.7. The Morgan fingerprint density at radius 3 is 2.79 bits per heavy atom. The summed E-state index contributed by atoms with van der Waals surface area (Å²) in [5, 5.41) is 6.40. The van der Waals surface area contributed by atoms with Crippen molar-refractivity contribution in [1.29, 1.82) is 0 Å². The van der Waals surface area contributed by atoms with Crippen molar-refractivity contribution in [2.24, 2.45) is 5.92 Å². The van der Waals surface area contributed by atoms with Gasteiger partial charge in [-0.1, -0.05) is 6.07 Å². The lowest BCUT2D eigenvalue weighted by Gasteiger charge is -2.22. The number of nitrogens with one attached hydrogen (secondary N) is 2. The van der Waals surface area contributed by atoms with Gasteiger partial charge in [0.2, 0.25) is 0 Å². The van der Waals surface area contributed by atoms with E-state index < -0.39 is 0 Å². The first-order chi connectivity index (χ1) is 8.66. The SMILES string of the molecule is Cc1ccc(C(=O)NCC2CCCNC2)cc1C.Cl. The Labute approximate surface area is 121 Å². The number of hydrogen-bond acceptors (Lipinski definition) is 2. The highest BCUT2D eigenvalue weighted by Crippen LogP contribution is 2.11. The molecule has 0 bridgehead atoms. The summed E-state index contributed by atoms with van der Waals surface area (Å²) in [6, 6.07) is 5.87. The molecule has 19 heavy (non-hydrogen) atoms. The van der Waals surface area contributed by atoms with Crippen LogP contribution in [0.5, 0.6) is 0 Å². The van der Waals surface area contributed by atoms with Crippen molar-refractivity contribution >= 4 is 18.3 Å². The third kappa shape index (κ3) is 4.51. The highest BCUT2D eigenvalue weighted by atomic mass is 35.5. The van der Waals surface area contributed by atoms with Gasteiger partial charge in [-0.3, -0.25) is 4.79 Å². The van der Waals surface area contributed by atoms with Crippen LogP contribution in [0.3, 0.4) is 0 Å². The number of benzene rings is 1. The predicted molar refractivity (Wildman–Crippen MR) is 81.1 cm³/mol. The monoisotopic (exact) mass is 282 g/mol. The third-order valence-electron chi connectivity index (χ3n) is 3.72. The van der Waals surface area contributed by atoms with Gasteiger partial charge in [-0.25, -0.2) is 0 Å². The molecule has 1 aliphatic rings. The standard InChI is InChI=1S/C15H22N2O.ClH/c1-11-5-6-14(8-12(11)2)15(18)17-10-13-4-3-7-16-9-13;/h5-6,8,13,16H,3-4,7,9-10H2,1-2H3,(H,17,18);1H. The van der Waals surface area contributed by atoms with Crippen LogP contribution in [0.15, 0.2) is 18.2 Å². The average molecular weight is 283 g/mol. The molecule has 1 heterocycles. The molecule has 1 fully saturated rings. The quantitative estimate of drug-likeness (QED) is 0.894. The number of amides is 1. The second-order valence-corrected chi connectivity index (χ2v) is 5.22. The maximum atomic E-state index is 12.0. The lowest BCUT2D eigenvalue weighted by atomic mass is 9.99. The number of rotatable bonds is 3. The molecule has 1 aliphatic heterocycles. The number of carbonyl (C=O) groups excluding carboxylic acids is 1. The number of carbonyl (C=O) groups is 1. The summed E-state index contributed by atoms with van der Waals surface area (Å²) in [5.74, 6) is 0.623. The van der Waals surface area contributed by atoms with Crippen LogP contribution in [-0.2, 0) is 0 Å². The first-order valence-corrected chi connectivity index (χ1v) is 6.73. The minimum atomic E-state index is 0. The Hall–Kier alpha value is -1.06. The van der Waals surface area contributed by atoms with E-state index in [1.165, 1.54) is 24.0 Å². The average Bonchev–Trinajstić information content (AvgIpc) is 2.40. The first kappa shape index (κ1) is 16.0. The molecule has 0 spiro atoms. The van der Waals surface area contributed by atoms with Crippen LogP contribution in [0.2, 0.25) is 0 Å². The molecule has 0 aliphatic carbocycles. The van der Waals surface area contributed by atoms with Crippen LogP contribution in [0, 0.1) is 19.8 Å². The van der Waals surface area contributed by atoms with E-state index in [2.05, 4.69) is 17.6 Å². The molecule has 2 rings (SSSR count). The van der Waals surface area contributed by atoms with Crippen LogP contribution in [-0.4, -0.2) is 25.5 Å². The fourth-order valence-corrected chi connectivity index (χ4v) is 2.32. The molecule has 0 saturated carbocycles. The Kier molecular flexibility index (Phi) is 6.32. The molecule has 106 valence electrons. The molecule has 1 aromatic carbocycles. The van der Waals surface area contributed by atoms with Gasteiger partial charge in [-0.15, -0.1) is 12.4 Å². The van der Waals surface area contributed by atoms with Crippen molar-refractivity contribution in [2.75, 3.05) is 19.6 Å². The Bertz CT molecular complexity index is 428. The van der Waals surface area contributed by atoms with Crippen molar-refractivity contribution in [3.8, 4) is 0 Å². The molecule has 2 N–H and O–H groups in total. The van der Waals surface area contributed by atoms with Crippen LogP contribution >= 0.6 is 12.4 Å². The van der Waals surface area contributed by atoms with Gasteiger partial charge >= 0.3 is 0 Å². The fraction of sp³-hybridized carbons (Fsp3) is 0.533. The van der Waals surface area contributed by atoms with E-state index in [0.717, 1.165) is 25.2 Å². The number of piperidine rings is 1. The van der Waals surface area contributed by atoms with E-state index in [1.807, 2.05) is 25.1 Å². The highest BCUT2D eigenvalue weighted by molar-refractivity contribution is 5.94. The lowest BCUT2D eigenvalue weighted by Crippen LogP contribution is -2.38. The maximum absolute atomic E-state index is 12.0. The molecule has 4 heteroatoms. The Morgan fingerprint density at radius 1 is 1.37 bits per heavy atom. The predicted octanol–water partition coefficient (Wildman–Crippen LogP) is 2.45. The summed E-state index contributed by atoms with van der Waals surface area (Å²) in [7, 11) is 0. The second kappa shape index (κ2) is 7.51. The largest absolute Gasteiger partial charge is 0.352 e. The normalized spacial score (nSPS) is 18.5. The van der Waals surface area contributed by atoms with E-state index in [-0.39, 0.29) is 18.3 Å². The topological polar surface area (TPSA) is 41.1 Å². The van der Waals surface area contributed by atoms with Crippen LogP contribution in [0.4, 0.5) is 0 Å². The summed E-state index contributed by atoms with van der Waals surface area (Å²) >= 11 is 0. The zero-order chi connectivity index (χ0) is 13.0. The molecule has 1 amide bonds. The third-order valence-corrected chi connectivity index (χ3v) is 3.72. The number of hydrogen-bond donors (Lipinski definition) is 2. The summed E-state index contributed by atoms with van der Waals surface area (Å²) in [4.78, 5) is 12.0. The highest BCUT2D eigenvalue weighted by Gasteiger charge is 2.14. The van der Waals surface area contributed by atoms with Crippen LogP contribution in [0.25, 0.3) is 0 Å². The van der Waals surface area contributed by atoms with E-state index >= 15 is 0 Å². The molecular formula is C15H23ClN2O. The van der Waals surface area contributed by atoms with E-state index in [9.17, 15) is 4.79 Å². The van der Waals surface area contributed by atoms with Gasteiger partial charge in [0.1, 0.15) is 0 Å². The van der Waals surface area contributed by atoms with Gasteiger partial charge in [0, 0.05) is 12.1 Å². The summed E-state index contributed by atoms with van der Waals surface area (Å²) in [5.41, 5.74) is 3.16. The molecule has 0 aromatic heterocycles. The fourth-order valence-electron chi connectivity index (χ4n) is 2.32. The molecule has 1 saturated heterocycles. The van der Waals surface area contributed by atoms with E-state index in [4.69, 9.17) is 0 Å². The second-order valence-electron chi connectivity index (χ2n) is 5.22. The lowest BCUT2D eigenvalue weighted by molar-refractivity contribution is 0.0944. The zero-order valence-corrected chi connectivity index (χ0v) is 12.5. The van der Waals surface area contributed by atoms with E-state index in [1.54, 1.807) is 0 Å². The van der Waals surface area contributed by atoms with Gasteiger partial charge in [0.05, 0.1) is 0 Å². The van der Waals surface area contributed by atoms with Gasteiger partial charge in [0.15, 0.2) is 0 Å². The van der Waals surface area contributed by atoms with Gasteiger partial charge < -0.3 is 10.6 Å². The van der Waals surface area contributed by atoms with Crippen molar-refractivity contribution in [2.45, 2.75) is 26.7 Å². The number of aryl methyl sites for hydroxylation is 2. The molecule has 1 atom stereocenters. The maximum Gasteiger partial charge on any atom is 0.251 e. The van der Waals surface area contributed by atoms with Crippen molar-refractivity contribution < 1.29 is 4.79 Å². The first-order valence-electron chi connectivity index (χ1n) is 6.73. The van der Waals surface area contributed by atoms with Crippen LogP contribution < -0.4 is 10.6 Å². The van der Waals surface area contributed by atoms with Crippen molar-refractivity contribution in [3.05, 3.63) is 34.9 Å². The Morgan fingerprint density at radius 2 is 2.16 bits per heavy atom. The number of halogens is 1. The molecule has 1 unspecified atom stereocenters. The molecular weight excluding hydrogens is 260 g/mol. The van der Waals surface area contributed by atoms with Gasteiger partial charge in [-0.05, 0) is 69.0 Å². The summed E-state index contributed by atoms with van der Waals surface area (Å²) < 4.78 is 0. The summed E-state index contributed by atoms with van der Waals surface area (Å²) in [6.07, 6.45) is 2.42. The van der Waals surface area contributed by atoms with Gasteiger partial charge in [0.25, 0.3) is 5.91 Å².